The third-order valence-electron chi connectivity index (χ3n) is 4.43. The van der Waals surface area contributed by atoms with Crippen molar-refractivity contribution in [2.75, 3.05) is 20.1 Å². The first-order chi connectivity index (χ1) is 14.1. The minimum Gasteiger partial charge on any atom is -0.480 e. The second-order valence-electron chi connectivity index (χ2n) is 6.77. The van der Waals surface area contributed by atoms with Crippen molar-refractivity contribution in [3.05, 3.63) is 102 Å². The number of likely N-dealkylation sites (N-methyl/N-ethyl adjacent to an activating group) is 1. The largest absolute Gasteiger partial charge is 0.480 e. The van der Waals surface area contributed by atoms with E-state index in [1.54, 1.807) is 11.9 Å². The molecule has 0 aliphatic heterocycles. The van der Waals surface area contributed by atoms with Crippen LogP contribution in [-0.4, -0.2) is 36.1 Å². The monoisotopic (exact) mass is 381 g/mol. The molecule has 0 aromatic heterocycles. The lowest BCUT2D eigenvalue weighted by Crippen LogP contribution is -2.25. The summed E-state index contributed by atoms with van der Waals surface area (Å²) >= 11 is 0. The van der Waals surface area contributed by atoms with Gasteiger partial charge in [0.25, 0.3) is 0 Å². The lowest BCUT2D eigenvalue weighted by Gasteiger charge is -2.11. The van der Waals surface area contributed by atoms with Crippen molar-refractivity contribution < 1.29 is 9.90 Å². The van der Waals surface area contributed by atoms with Gasteiger partial charge in [-0.2, -0.15) is 0 Å². The van der Waals surface area contributed by atoms with Crippen molar-refractivity contribution in [2.24, 2.45) is 0 Å². The number of nitrogens with zero attached hydrogens (tertiary/aromatic N) is 1. The number of hydrogen-bond acceptors (Lipinski definition) is 2. The average Bonchev–Trinajstić information content (AvgIpc) is 2.75. The predicted octanol–water partition coefficient (Wildman–Crippen LogP) is 4.81. The Hall–Kier alpha value is -3.61. The number of carboxylic acids is 1. The number of aliphatic carboxylic acids is 1. The van der Waals surface area contributed by atoms with Gasteiger partial charge in [-0.3, -0.25) is 9.69 Å². The molecule has 3 rings (SSSR count). The van der Waals surface area contributed by atoms with Crippen molar-refractivity contribution in [3.8, 4) is 23.0 Å². The van der Waals surface area contributed by atoms with Gasteiger partial charge in [-0.1, -0.05) is 90.7 Å². The molecule has 0 saturated carbocycles. The Kier molecular flexibility index (Phi) is 7.00. The summed E-state index contributed by atoms with van der Waals surface area (Å²) < 4.78 is 0. The maximum atomic E-state index is 10.9. The van der Waals surface area contributed by atoms with Gasteiger partial charge in [-0.25, -0.2) is 0 Å². The highest BCUT2D eigenvalue weighted by Crippen LogP contribution is 2.19. The maximum absolute atomic E-state index is 10.9. The third-order valence-corrected chi connectivity index (χ3v) is 4.43. The van der Waals surface area contributed by atoms with E-state index in [0.29, 0.717) is 6.54 Å². The van der Waals surface area contributed by atoms with Gasteiger partial charge < -0.3 is 5.11 Å². The molecule has 0 radical (unpaired) electrons. The first-order valence-electron chi connectivity index (χ1n) is 9.45. The summed E-state index contributed by atoms with van der Waals surface area (Å²) in [6.45, 7) is 0.505. The average molecular weight is 381 g/mol. The number of rotatable bonds is 6. The van der Waals surface area contributed by atoms with Gasteiger partial charge in [-0.15, -0.1) is 0 Å². The fourth-order valence-electron chi connectivity index (χ4n) is 2.92. The van der Waals surface area contributed by atoms with Crippen LogP contribution in [-0.2, 0) is 4.79 Å². The van der Waals surface area contributed by atoms with Gasteiger partial charge in [0.1, 0.15) is 0 Å². The molecule has 3 heteroatoms. The lowest BCUT2D eigenvalue weighted by molar-refractivity contribution is -0.137. The molecule has 1 N–H and O–H groups in total. The topological polar surface area (TPSA) is 40.5 Å². The maximum Gasteiger partial charge on any atom is 0.317 e. The molecule has 0 fully saturated rings. The van der Waals surface area contributed by atoms with Gasteiger partial charge in [-0.05, 0) is 35.9 Å². The Morgan fingerprint density at radius 1 is 0.897 bits per heavy atom. The quantitative estimate of drug-likeness (QED) is 0.623. The zero-order valence-corrected chi connectivity index (χ0v) is 16.4. The molecule has 29 heavy (non-hydrogen) atoms. The molecule has 0 spiro atoms. The van der Waals surface area contributed by atoms with Gasteiger partial charge >= 0.3 is 5.97 Å². The Balaban J connectivity index is 1.81. The van der Waals surface area contributed by atoms with Crippen LogP contribution in [0.1, 0.15) is 11.1 Å². The number of allylic oxidation sites excluding steroid dienone is 1. The zero-order valence-electron chi connectivity index (χ0n) is 16.4. The fraction of sp³-hybridized carbons (Fsp3) is 0.115. The number of carbonyl (C=O) groups is 1. The minimum absolute atomic E-state index is 0.00700. The standard InChI is InChI=1S/C26H23NO2/c1-27(20-26(28)29)19-18-25(23-10-6-3-7-11-23)17-14-21-12-15-24(16-13-21)22-8-4-2-5-9-22/h2-13,15-16,18H,19-20H2,1H3,(H,28,29)/b25-18-. The highest BCUT2D eigenvalue weighted by atomic mass is 16.4. The molecule has 3 aromatic carbocycles. The summed E-state index contributed by atoms with van der Waals surface area (Å²) in [5.41, 5.74) is 5.17. The molecule has 0 aliphatic rings. The number of hydrogen-bond donors (Lipinski definition) is 1. The summed E-state index contributed by atoms with van der Waals surface area (Å²) in [4.78, 5) is 12.6. The molecule has 144 valence electrons. The van der Waals surface area contributed by atoms with E-state index in [1.807, 2.05) is 66.7 Å². The molecule has 3 nitrogen and oxygen atoms in total. The van der Waals surface area contributed by atoms with E-state index in [2.05, 4.69) is 36.1 Å². The van der Waals surface area contributed by atoms with Crippen molar-refractivity contribution in [3.63, 3.8) is 0 Å². The van der Waals surface area contributed by atoms with Crippen LogP contribution in [0.25, 0.3) is 16.7 Å². The third kappa shape index (κ3) is 6.21. The van der Waals surface area contributed by atoms with Crippen LogP contribution in [0.4, 0.5) is 0 Å². The predicted molar refractivity (Wildman–Crippen MR) is 118 cm³/mol. The van der Waals surface area contributed by atoms with Gasteiger partial charge in [0.15, 0.2) is 0 Å². The van der Waals surface area contributed by atoms with E-state index < -0.39 is 5.97 Å². The molecule has 0 amide bonds. The lowest BCUT2D eigenvalue weighted by atomic mass is 10.0. The van der Waals surface area contributed by atoms with Crippen LogP contribution in [0.5, 0.6) is 0 Å². The van der Waals surface area contributed by atoms with E-state index in [-0.39, 0.29) is 6.54 Å². The Morgan fingerprint density at radius 3 is 2.10 bits per heavy atom. The molecule has 0 bridgehead atoms. The molecule has 0 aliphatic carbocycles. The molecule has 0 atom stereocenters. The molecule has 0 unspecified atom stereocenters. The van der Waals surface area contributed by atoms with Crippen LogP contribution in [0.2, 0.25) is 0 Å². The van der Waals surface area contributed by atoms with Crippen molar-refractivity contribution in [2.45, 2.75) is 0 Å². The second-order valence-corrected chi connectivity index (χ2v) is 6.77. The SMILES string of the molecule is CN(C/C=C(/C#Cc1ccc(-c2ccccc2)cc1)c1ccccc1)CC(=O)O. The van der Waals surface area contributed by atoms with Crippen molar-refractivity contribution >= 4 is 11.5 Å². The van der Waals surface area contributed by atoms with Crippen molar-refractivity contribution in [1.29, 1.82) is 0 Å². The fourth-order valence-corrected chi connectivity index (χ4v) is 2.92. The smallest absolute Gasteiger partial charge is 0.317 e. The molecule has 0 saturated heterocycles. The Labute approximate surface area is 171 Å². The summed E-state index contributed by atoms with van der Waals surface area (Å²) in [5.74, 6) is 5.65. The van der Waals surface area contributed by atoms with E-state index in [9.17, 15) is 4.79 Å². The van der Waals surface area contributed by atoms with E-state index in [4.69, 9.17) is 5.11 Å². The van der Waals surface area contributed by atoms with Crippen LogP contribution in [0.15, 0.2) is 91.0 Å². The highest BCUT2D eigenvalue weighted by molar-refractivity contribution is 5.80. The zero-order chi connectivity index (χ0) is 20.5. The first kappa shape index (κ1) is 20.1. The molecule has 3 aromatic rings. The summed E-state index contributed by atoms with van der Waals surface area (Å²) in [6.07, 6.45) is 1.98. The number of benzene rings is 3. The van der Waals surface area contributed by atoms with Crippen molar-refractivity contribution in [1.82, 2.24) is 4.90 Å². The van der Waals surface area contributed by atoms with E-state index in [1.165, 1.54) is 5.56 Å². The van der Waals surface area contributed by atoms with Crippen LogP contribution in [0, 0.1) is 11.8 Å². The first-order valence-corrected chi connectivity index (χ1v) is 9.45. The normalized spacial score (nSPS) is 11.0. The van der Waals surface area contributed by atoms with Crippen LogP contribution < -0.4 is 0 Å². The molecular formula is C26H23NO2. The van der Waals surface area contributed by atoms with Gasteiger partial charge in [0.2, 0.25) is 0 Å². The summed E-state index contributed by atoms with van der Waals surface area (Å²) in [7, 11) is 1.78. The van der Waals surface area contributed by atoms with Crippen LogP contribution in [0.3, 0.4) is 0 Å². The molecule has 0 heterocycles. The van der Waals surface area contributed by atoms with E-state index >= 15 is 0 Å². The minimum atomic E-state index is -0.841. The molecular weight excluding hydrogens is 358 g/mol. The highest BCUT2D eigenvalue weighted by Gasteiger charge is 2.04. The van der Waals surface area contributed by atoms with E-state index in [0.717, 1.165) is 22.3 Å². The summed E-state index contributed by atoms with van der Waals surface area (Å²) in [6, 6.07) is 28.4. The number of carboxylic acid groups (broad SMARTS) is 1. The van der Waals surface area contributed by atoms with Gasteiger partial charge in [0.05, 0.1) is 6.54 Å². The summed E-state index contributed by atoms with van der Waals surface area (Å²) in [5, 5.41) is 8.93. The second kappa shape index (κ2) is 10.1. The Bertz CT molecular complexity index is 1030. The van der Waals surface area contributed by atoms with Gasteiger partial charge in [0, 0.05) is 17.7 Å². The van der Waals surface area contributed by atoms with Crippen LogP contribution >= 0.6 is 0 Å². The Morgan fingerprint density at radius 2 is 1.48 bits per heavy atom.